The number of hydrogen-bond donors (Lipinski definition) is 0. The molecule has 0 unspecified atom stereocenters. The molecule has 1 aliphatic heterocycles. The van der Waals surface area contributed by atoms with E-state index in [4.69, 9.17) is 0 Å². The first kappa shape index (κ1) is 10.6. The van der Waals surface area contributed by atoms with Gasteiger partial charge >= 0.3 is 0 Å². The third-order valence-corrected chi connectivity index (χ3v) is 2.26. The maximum atomic E-state index is 4.12. The van der Waals surface area contributed by atoms with E-state index in [9.17, 15) is 0 Å². The first-order chi connectivity index (χ1) is 6.63. The first-order valence-electron chi connectivity index (χ1n) is 4.70. The van der Waals surface area contributed by atoms with Crippen molar-refractivity contribution < 1.29 is 0 Å². The Morgan fingerprint density at radius 2 is 1.71 bits per heavy atom. The van der Waals surface area contributed by atoms with Crippen molar-refractivity contribution in [3.05, 3.63) is 42.9 Å². The molecule has 0 bridgehead atoms. The zero-order valence-corrected chi connectivity index (χ0v) is 8.94. The standard InChI is InChI=1S/C7H11N.C5H5N/c1-6-7(2,3)4-5-8-6;1-2-4-6-5-3-1/h4-5H,1-3H3;1-5H. The number of rotatable bonds is 0. The molecule has 0 N–H and O–H groups in total. The molecule has 0 aliphatic carbocycles. The largest absolute Gasteiger partial charge is 0.265 e. The Morgan fingerprint density at radius 1 is 1.07 bits per heavy atom. The Hall–Kier alpha value is -1.44. The number of aliphatic imine (C=N–C) groups is 1. The van der Waals surface area contributed by atoms with Crippen molar-refractivity contribution in [1.82, 2.24) is 4.98 Å². The molecule has 2 heterocycles. The molecule has 1 aliphatic rings. The van der Waals surface area contributed by atoms with E-state index in [0.717, 1.165) is 0 Å². The fourth-order valence-corrected chi connectivity index (χ4v) is 0.935. The Balaban J connectivity index is 0.000000146. The van der Waals surface area contributed by atoms with Gasteiger partial charge in [0.05, 0.1) is 0 Å². The third kappa shape index (κ3) is 3.13. The second-order valence-electron chi connectivity index (χ2n) is 3.78. The van der Waals surface area contributed by atoms with Gasteiger partial charge in [-0.3, -0.25) is 9.98 Å². The SMILES string of the molecule is CC1=NC=CC1(C)C.c1ccncc1. The minimum atomic E-state index is 0.222. The molecule has 0 saturated heterocycles. The molecule has 2 nitrogen and oxygen atoms in total. The number of allylic oxidation sites excluding steroid dienone is 1. The van der Waals surface area contributed by atoms with Crippen LogP contribution in [0.2, 0.25) is 0 Å². The molecule has 0 saturated carbocycles. The van der Waals surface area contributed by atoms with Crippen molar-refractivity contribution in [3.63, 3.8) is 0 Å². The highest BCUT2D eigenvalue weighted by Crippen LogP contribution is 2.23. The van der Waals surface area contributed by atoms with Gasteiger partial charge in [0, 0.05) is 29.7 Å². The fraction of sp³-hybridized carbons (Fsp3) is 0.333. The average Bonchev–Trinajstić information content (AvgIpc) is 2.49. The van der Waals surface area contributed by atoms with Crippen LogP contribution in [-0.4, -0.2) is 10.7 Å². The summed E-state index contributed by atoms with van der Waals surface area (Å²) in [7, 11) is 0. The van der Waals surface area contributed by atoms with Gasteiger partial charge in [0.15, 0.2) is 0 Å². The highest BCUT2D eigenvalue weighted by atomic mass is 14.7. The van der Waals surface area contributed by atoms with Crippen LogP contribution < -0.4 is 0 Å². The molecule has 0 aromatic carbocycles. The summed E-state index contributed by atoms with van der Waals surface area (Å²) in [5.74, 6) is 0. The number of hydrogen-bond acceptors (Lipinski definition) is 2. The first-order valence-corrected chi connectivity index (χ1v) is 4.70. The molecule has 0 fully saturated rings. The summed E-state index contributed by atoms with van der Waals surface area (Å²) in [6, 6.07) is 5.72. The quantitative estimate of drug-likeness (QED) is 0.614. The minimum Gasteiger partial charge on any atom is -0.265 e. The maximum Gasteiger partial charge on any atom is 0.0267 e. The van der Waals surface area contributed by atoms with Gasteiger partial charge in [-0.15, -0.1) is 0 Å². The van der Waals surface area contributed by atoms with E-state index in [2.05, 4.69) is 36.8 Å². The van der Waals surface area contributed by atoms with Crippen molar-refractivity contribution in [2.45, 2.75) is 20.8 Å². The van der Waals surface area contributed by atoms with Crippen molar-refractivity contribution in [2.24, 2.45) is 10.4 Å². The highest BCUT2D eigenvalue weighted by Gasteiger charge is 2.20. The van der Waals surface area contributed by atoms with Gasteiger partial charge < -0.3 is 0 Å². The van der Waals surface area contributed by atoms with Crippen LogP contribution >= 0.6 is 0 Å². The van der Waals surface area contributed by atoms with Gasteiger partial charge in [0.25, 0.3) is 0 Å². The smallest absolute Gasteiger partial charge is 0.0267 e. The summed E-state index contributed by atoms with van der Waals surface area (Å²) in [4.78, 5) is 7.91. The summed E-state index contributed by atoms with van der Waals surface area (Å²) in [5, 5.41) is 0. The lowest BCUT2D eigenvalue weighted by molar-refractivity contribution is 0.685. The van der Waals surface area contributed by atoms with Crippen molar-refractivity contribution >= 4 is 5.71 Å². The van der Waals surface area contributed by atoms with Gasteiger partial charge in [-0.05, 0) is 19.1 Å². The molecule has 74 valence electrons. The van der Waals surface area contributed by atoms with E-state index in [1.54, 1.807) is 12.4 Å². The second-order valence-corrected chi connectivity index (χ2v) is 3.78. The molecular weight excluding hydrogens is 172 g/mol. The molecule has 1 aromatic rings. The number of aromatic nitrogens is 1. The highest BCUT2D eigenvalue weighted by molar-refractivity contribution is 5.91. The average molecular weight is 188 g/mol. The second kappa shape index (κ2) is 4.70. The van der Waals surface area contributed by atoms with Crippen LogP contribution in [0.4, 0.5) is 0 Å². The van der Waals surface area contributed by atoms with Gasteiger partial charge in [-0.25, -0.2) is 0 Å². The number of nitrogens with zero attached hydrogens (tertiary/aromatic N) is 2. The van der Waals surface area contributed by atoms with Crippen LogP contribution in [0.15, 0.2) is 47.9 Å². The Labute approximate surface area is 85.4 Å². The molecular formula is C12H16N2. The monoisotopic (exact) mass is 188 g/mol. The molecule has 0 spiro atoms. The zero-order chi connectivity index (χ0) is 10.4. The summed E-state index contributed by atoms with van der Waals surface area (Å²) in [5.41, 5.74) is 1.43. The van der Waals surface area contributed by atoms with Gasteiger partial charge in [0.1, 0.15) is 0 Å². The molecule has 2 heteroatoms. The Kier molecular flexibility index (Phi) is 3.57. The van der Waals surface area contributed by atoms with E-state index >= 15 is 0 Å². The molecule has 0 amide bonds. The predicted molar refractivity (Wildman–Crippen MR) is 60.3 cm³/mol. The normalized spacial score (nSPS) is 16.9. The maximum absolute atomic E-state index is 4.12. The molecule has 14 heavy (non-hydrogen) atoms. The van der Waals surface area contributed by atoms with E-state index in [-0.39, 0.29) is 5.41 Å². The lowest BCUT2D eigenvalue weighted by Gasteiger charge is -2.13. The molecule has 1 aromatic heterocycles. The minimum absolute atomic E-state index is 0.222. The van der Waals surface area contributed by atoms with E-state index in [1.807, 2.05) is 24.4 Å². The fourth-order valence-electron chi connectivity index (χ4n) is 0.935. The van der Waals surface area contributed by atoms with Crippen LogP contribution in [-0.2, 0) is 0 Å². The Morgan fingerprint density at radius 3 is 1.86 bits per heavy atom. The topological polar surface area (TPSA) is 25.2 Å². The van der Waals surface area contributed by atoms with Crippen LogP contribution in [0.3, 0.4) is 0 Å². The Bertz CT molecular complexity index is 297. The van der Waals surface area contributed by atoms with Crippen LogP contribution in [0.25, 0.3) is 0 Å². The summed E-state index contributed by atoms with van der Waals surface area (Å²) in [6.45, 7) is 6.38. The van der Waals surface area contributed by atoms with Gasteiger partial charge in [-0.2, -0.15) is 0 Å². The van der Waals surface area contributed by atoms with E-state index < -0.39 is 0 Å². The molecule has 0 radical (unpaired) electrons. The van der Waals surface area contributed by atoms with Crippen LogP contribution in [0.1, 0.15) is 20.8 Å². The lowest BCUT2D eigenvalue weighted by atomic mass is 9.90. The summed E-state index contributed by atoms with van der Waals surface area (Å²) in [6.07, 6.45) is 7.48. The van der Waals surface area contributed by atoms with E-state index in [1.165, 1.54) is 5.71 Å². The van der Waals surface area contributed by atoms with Crippen molar-refractivity contribution in [2.75, 3.05) is 0 Å². The lowest BCUT2D eigenvalue weighted by Crippen LogP contribution is -2.14. The van der Waals surface area contributed by atoms with E-state index in [0.29, 0.717) is 0 Å². The summed E-state index contributed by atoms with van der Waals surface area (Å²) >= 11 is 0. The predicted octanol–water partition coefficient (Wildman–Crippen LogP) is 3.08. The molecule has 2 rings (SSSR count). The van der Waals surface area contributed by atoms with Crippen LogP contribution in [0, 0.1) is 5.41 Å². The summed E-state index contributed by atoms with van der Waals surface area (Å²) < 4.78 is 0. The van der Waals surface area contributed by atoms with Gasteiger partial charge in [-0.1, -0.05) is 26.0 Å². The van der Waals surface area contributed by atoms with Crippen LogP contribution in [0.5, 0.6) is 0 Å². The van der Waals surface area contributed by atoms with Crippen molar-refractivity contribution in [1.29, 1.82) is 0 Å². The zero-order valence-electron chi connectivity index (χ0n) is 8.94. The third-order valence-electron chi connectivity index (χ3n) is 2.26. The van der Waals surface area contributed by atoms with Crippen molar-refractivity contribution in [3.8, 4) is 0 Å². The number of pyridine rings is 1. The molecule has 0 atom stereocenters. The van der Waals surface area contributed by atoms with Gasteiger partial charge in [0.2, 0.25) is 0 Å².